The fourth-order valence-electron chi connectivity index (χ4n) is 1.95. The van der Waals surface area contributed by atoms with Crippen molar-refractivity contribution >= 4 is 27.6 Å². The topological polar surface area (TPSA) is 71.1 Å². The van der Waals surface area contributed by atoms with Crippen LogP contribution in [0.15, 0.2) is 23.2 Å². The zero-order chi connectivity index (χ0) is 14.4. The predicted octanol–water partition coefficient (Wildman–Crippen LogP) is 1.93. The number of sulfonamides is 1. The average molecular weight is 315 g/mol. The summed E-state index contributed by atoms with van der Waals surface area (Å²) < 4.78 is 27.0. The first kappa shape index (κ1) is 15.6. The molecular formula is C13H21N3O2S2. The van der Waals surface area contributed by atoms with Crippen molar-refractivity contribution < 1.29 is 8.42 Å². The van der Waals surface area contributed by atoms with Crippen molar-refractivity contribution in [3.05, 3.63) is 18.3 Å². The molecular weight excluding hydrogens is 294 g/mol. The van der Waals surface area contributed by atoms with Gasteiger partial charge in [-0.05, 0) is 42.4 Å². The number of thioether (sulfide) groups is 1. The SMILES string of the molecule is CCCNc1ccc(S(=O)(=O)NCC2CCSC2)cn1. The molecule has 20 heavy (non-hydrogen) atoms. The standard InChI is InChI=1S/C13H21N3O2S2/c1-2-6-14-13-4-3-12(9-15-13)20(17,18)16-8-11-5-7-19-10-11/h3-4,9,11,16H,2,5-8,10H2,1H3,(H,14,15). The third-order valence-electron chi connectivity index (χ3n) is 3.19. The molecule has 1 aliphatic rings. The summed E-state index contributed by atoms with van der Waals surface area (Å²) in [6, 6.07) is 3.30. The fraction of sp³-hybridized carbons (Fsp3) is 0.615. The molecule has 1 aromatic rings. The molecule has 2 N–H and O–H groups in total. The molecule has 0 radical (unpaired) electrons. The summed E-state index contributed by atoms with van der Waals surface area (Å²) in [5, 5.41) is 3.12. The minimum absolute atomic E-state index is 0.227. The van der Waals surface area contributed by atoms with Crippen molar-refractivity contribution in [3.63, 3.8) is 0 Å². The third kappa shape index (κ3) is 4.36. The van der Waals surface area contributed by atoms with Crippen molar-refractivity contribution in [2.45, 2.75) is 24.7 Å². The molecule has 2 heterocycles. The minimum atomic E-state index is -3.43. The molecule has 0 spiro atoms. The fourth-order valence-corrected chi connectivity index (χ4v) is 4.30. The number of rotatable bonds is 7. The number of aromatic nitrogens is 1. The molecule has 1 fully saturated rings. The largest absolute Gasteiger partial charge is 0.370 e. The van der Waals surface area contributed by atoms with Crippen LogP contribution in [0, 0.1) is 5.92 Å². The van der Waals surface area contributed by atoms with Crippen molar-refractivity contribution in [1.82, 2.24) is 9.71 Å². The third-order valence-corrected chi connectivity index (χ3v) is 5.83. The van der Waals surface area contributed by atoms with Gasteiger partial charge in [-0.25, -0.2) is 18.1 Å². The summed E-state index contributed by atoms with van der Waals surface area (Å²) in [7, 11) is -3.43. The Bertz CT molecular complexity index is 511. The Morgan fingerprint density at radius 3 is 2.90 bits per heavy atom. The van der Waals surface area contributed by atoms with E-state index in [4.69, 9.17) is 0 Å². The van der Waals surface area contributed by atoms with Gasteiger partial charge in [-0.2, -0.15) is 11.8 Å². The van der Waals surface area contributed by atoms with Crippen LogP contribution in [-0.4, -0.2) is 38.0 Å². The van der Waals surface area contributed by atoms with Crippen molar-refractivity contribution in [2.24, 2.45) is 5.92 Å². The molecule has 5 nitrogen and oxygen atoms in total. The molecule has 0 aromatic carbocycles. The monoisotopic (exact) mass is 315 g/mol. The van der Waals surface area contributed by atoms with Gasteiger partial charge in [0.05, 0.1) is 0 Å². The van der Waals surface area contributed by atoms with Crippen molar-refractivity contribution in [2.75, 3.05) is 29.9 Å². The van der Waals surface area contributed by atoms with Crippen LogP contribution in [0.5, 0.6) is 0 Å². The minimum Gasteiger partial charge on any atom is -0.370 e. The molecule has 2 rings (SSSR count). The van der Waals surface area contributed by atoms with Crippen LogP contribution < -0.4 is 10.0 Å². The Morgan fingerprint density at radius 2 is 2.30 bits per heavy atom. The van der Waals surface area contributed by atoms with E-state index < -0.39 is 10.0 Å². The average Bonchev–Trinajstić information content (AvgIpc) is 2.97. The van der Waals surface area contributed by atoms with Crippen LogP contribution >= 0.6 is 11.8 Å². The molecule has 0 saturated carbocycles. The van der Waals surface area contributed by atoms with Crippen molar-refractivity contribution in [1.29, 1.82) is 0 Å². The highest BCUT2D eigenvalue weighted by Crippen LogP contribution is 2.23. The van der Waals surface area contributed by atoms with Gasteiger partial charge in [0.25, 0.3) is 0 Å². The lowest BCUT2D eigenvalue weighted by atomic mass is 10.1. The van der Waals surface area contributed by atoms with Gasteiger partial charge in [0.2, 0.25) is 10.0 Å². The Hall–Kier alpha value is -0.790. The Balaban J connectivity index is 1.94. The van der Waals surface area contributed by atoms with Gasteiger partial charge in [0, 0.05) is 19.3 Å². The second-order valence-corrected chi connectivity index (χ2v) is 7.80. The lowest BCUT2D eigenvalue weighted by molar-refractivity contribution is 0.545. The molecule has 1 saturated heterocycles. The Morgan fingerprint density at radius 1 is 1.45 bits per heavy atom. The summed E-state index contributed by atoms with van der Waals surface area (Å²) in [5.41, 5.74) is 0. The van der Waals surface area contributed by atoms with Crippen LogP contribution in [0.1, 0.15) is 19.8 Å². The summed E-state index contributed by atoms with van der Waals surface area (Å²) in [5.74, 6) is 3.33. The lowest BCUT2D eigenvalue weighted by Crippen LogP contribution is -2.29. The number of anilines is 1. The van der Waals surface area contributed by atoms with Crippen LogP contribution in [-0.2, 0) is 10.0 Å². The van der Waals surface area contributed by atoms with Gasteiger partial charge in [0.15, 0.2) is 0 Å². The first-order chi connectivity index (χ1) is 9.62. The maximum atomic E-state index is 12.1. The molecule has 0 amide bonds. The molecule has 7 heteroatoms. The normalized spacial score (nSPS) is 19.1. The number of nitrogens with one attached hydrogen (secondary N) is 2. The summed E-state index contributed by atoms with van der Waals surface area (Å²) in [6.07, 6.45) is 3.50. The van der Waals surface area contributed by atoms with E-state index in [9.17, 15) is 8.42 Å². The highest BCUT2D eigenvalue weighted by atomic mass is 32.2. The first-order valence-corrected chi connectivity index (χ1v) is 9.53. The van der Waals surface area contributed by atoms with E-state index >= 15 is 0 Å². The molecule has 1 unspecified atom stereocenters. The van der Waals surface area contributed by atoms with Crippen LogP contribution in [0.2, 0.25) is 0 Å². The maximum absolute atomic E-state index is 12.1. The summed E-state index contributed by atoms with van der Waals surface area (Å²) in [6.45, 7) is 3.42. The van der Waals surface area contributed by atoms with Gasteiger partial charge in [-0.1, -0.05) is 6.92 Å². The van der Waals surface area contributed by atoms with Gasteiger partial charge in [-0.3, -0.25) is 0 Å². The van der Waals surface area contributed by atoms with Crippen LogP contribution in [0.4, 0.5) is 5.82 Å². The quantitative estimate of drug-likeness (QED) is 0.804. The molecule has 1 atom stereocenters. The van der Waals surface area contributed by atoms with E-state index in [0.717, 1.165) is 30.9 Å². The molecule has 1 aromatic heterocycles. The van der Waals surface area contributed by atoms with Gasteiger partial charge in [-0.15, -0.1) is 0 Å². The number of hydrogen-bond acceptors (Lipinski definition) is 5. The molecule has 0 aliphatic carbocycles. The Kier molecular flexibility index (Phi) is 5.68. The second kappa shape index (κ2) is 7.28. The van der Waals surface area contributed by atoms with E-state index in [-0.39, 0.29) is 4.90 Å². The maximum Gasteiger partial charge on any atom is 0.242 e. The molecule has 1 aliphatic heterocycles. The number of pyridine rings is 1. The van der Waals surface area contributed by atoms with E-state index in [1.807, 2.05) is 11.8 Å². The highest BCUT2D eigenvalue weighted by Gasteiger charge is 2.20. The van der Waals surface area contributed by atoms with Gasteiger partial charge in [0.1, 0.15) is 10.7 Å². The first-order valence-electron chi connectivity index (χ1n) is 6.89. The van der Waals surface area contributed by atoms with Crippen molar-refractivity contribution in [3.8, 4) is 0 Å². The highest BCUT2D eigenvalue weighted by molar-refractivity contribution is 7.99. The number of nitrogens with zero attached hydrogens (tertiary/aromatic N) is 1. The van der Waals surface area contributed by atoms with E-state index in [1.165, 1.54) is 6.20 Å². The number of hydrogen-bond donors (Lipinski definition) is 2. The predicted molar refractivity (Wildman–Crippen MR) is 83.6 cm³/mol. The molecule has 0 bridgehead atoms. The van der Waals surface area contributed by atoms with Gasteiger partial charge >= 0.3 is 0 Å². The van der Waals surface area contributed by atoms with Gasteiger partial charge < -0.3 is 5.32 Å². The van der Waals surface area contributed by atoms with E-state index in [2.05, 4.69) is 21.9 Å². The van der Waals surface area contributed by atoms with Crippen LogP contribution in [0.25, 0.3) is 0 Å². The summed E-state index contributed by atoms with van der Waals surface area (Å²) >= 11 is 1.88. The molecule has 112 valence electrons. The summed E-state index contributed by atoms with van der Waals surface area (Å²) in [4.78, 5) is 4.35. The lowest BCUT2D eigenvalue weighted by Gasteiger charge is -2.11. The zero-order valence-corrected chi connectivity index (χ0v) is 13.3. The van der Waals surface area contributed by atoms with E-state index in [1.54, 1.807) is 12.1 Å². The smallest absolute Gasteiger partial charge is 0.242 e. The van der Waals surface area contributed by atoms with Crippen LogP contribution in [0.3, 0.4) is 0 Å². The zero-order valence-electron chi connectivity index (χ0n) is 11.6. The van der Waals surface area contributed by atoms with E-state index in [0.29, 0.717) is 18.3 Å². The second-order valence-electron chi connectivity index (χ2n) is 4.89. The Labute approximate surface area is 125 Å².